The summed E-state index contributed by atoms with van der Waals surface area (Å²) >= 11 is 6.01. The number of aromatic nitrogens is 3. The molecule has 0 saturated carbocycles. The second-order valence-corrected chi connectivity index (χ2v) is 5.05. The SMILES string of the molecule is COCC(Cl)CNCc1ncnn1CC(C)C. The molecule has 1 aromatic heterocycles. The van der Waals surface area contributed by atoms with Gasteiger partial charge < -0.3 is 10.1 Å². The monoisotopic (exact) mass is 260 g/mol. The number of hydrogen-bond acceptors (Lipinski definition) is 4. The summed E-state index contributed by atoms with van der Waals surface area (Å²) in [6.45, 7) is 7.13. The summed E-state index contributed by atoms with van der Waals surface area (Å²) in [6.07, 6.45) is 1.59. The molecule has 1 aromatic rings. The van der Waals surface area contributed by atoms with Gasteiger partial charge in [-0.25, -0.2) is 9.67 Å². The minimum atomic E-state index is -0.0125. The highest BCUT2D eigenvalue weighted by Gasteiger charge is 2.07. The molecular formula is C11H21ClN4O. The summed E-state index contributed by atoms with van der Waals surface area (Å²) in [5, 5.41) is 7.44. The highest BCUT2D eigenvalue weighted by Crippen LogP contribution is 2.01. The fourth-order valence-corrected chi connectivity index (χ4v) is 1.74. The first-order valence-corrected chi connectivity index (χ1v) is 6.27. The van der Waals surface area contributed by atoms with Gasteiger partial charge in [0.1, 0.15) is 12.2 Å². The average Bonchev–Trinajstić information content (AvgIpc) is 2.65. The lowest BCUT2D eigenvalue weighted by molar-refractivity contribution is 0.196. The Balaban J connectivity index is 2.33. The molecule has 0 amide bonds. The molecule has 0 fully saturated rings. The van der Waals surface area contributed by atoms with Gasteiger partial charge in [-0.3, -0.25) is 0 Å². The average molecular weight is 261 g/mol. The summed E-state index contributed by atoms with van der Waals surface area (Å²) in [4.78, 5) is 4.23. The first-order valence-electron chi connectivity index (χ1n) is 5.84. The number of methoxy groups -OCH3 is 1. The number of halogens is 1. The van der Waals surface area contributed by atoms with Crippen molar-refractivity contribution in [3.63, 3.8) is 0 Å². The van der Waals surface area contributed by atoms with Crippen molar-refractivity contribution in [1.82, 2.24) is 20.1 Å². The standard InChI is InChI=1S/C11H21ClN4O/c1-9(2)6-16-11(14-8-15-16)5-13-4-10(12)7-17-3/h8-10,13H,4-7H2,1-3H3. The van der Waals surface area contributed by atoms with E-state index in [1.807, 2.05) is 4.68 Å². The Morgan fingerprint density at radius 1 is 1.53 bits per heavy atom. The van der Waals surface area contributed by atoms with Crippen molar-refractivity contribution in [3.05, 3.63) is 12.2 Å². The van der Waals surface area contributed by atoms with E-state index in [1.165, 1.54) is 0 Å². The quantitative estimate of drug-likeness (QED) is 0.716. The summed E-state index contributed by atoms with van der Waals surface area (Å²) in [6, 6.07) is 0. The maximum Gasteiger partial charge on any atom is 0.140 e. The third kappa shape index (κ3) is 5.48. The van der Waals surface area contributed by atoms with Gasteiger partial charge in [0.15, 0.2) is 0 Å². The zero-order valence-corrected chi connectivity index (χ0v) is 11.4. The van der Waals surface area contributed by atoms with E-state index in [-0.39, 0.29) is 5.38 Å². The molecule has 0 spiro atoms. The number of rotatable bonds is 8. The van der Waals surface area contributed by atoms with Gasteiger partial charge in [0.2, 0.25) is 0 Å². The van der Waals surface area contributed by atoms with E-state index in [0.29, 0.717) is 25.6 Å². The van der Waals surface area contributed by atoms with Crippen LogP contribution in [0.3, 0.4) is 0 Å². The van der Waals surface area contributed by atoms with Crippen LogP contribution in [0.25, 0.3) is 0 Å². The molecule has 1 N–H and O–H groups in total. The minimum Gasteiger partial charge on any atom is -0.383 e. The Hall–Kier alpha value is -0.650. The molecule has 6 heteroatoms. The van der Waals surface area contributed by atoms with Crippen molar-refractivity contribution >= 4 is 11.6 Å². The number of ether oxygens (including phenoxy) is 1. The van der Waals surface area contributed by atoms with Gasteiger partial charge in [-0.1, -0.05) is 13.8 Å². The molecule has 0 saturated heterocycles. The molecule has 0 aromatic carbocycles. The molecule has 5 nitrogen and oxygen atoms in total. The van der Waals surface area contributed by atoms with E-state index in [4.69, 9.17) is 16.3 Å². The van der Waals surface area contributed by atoms with Gasteiger partial charge in [0.05, 0.1) is 18.5 Å². The predicted octanol–water partition coefficient (Wildman–Crippen LogP) is 1.28. The first kappa shape index (κ1) is 14.4. The van der Waals surface area contributed by atoms with Crippen LogP contribution in [0.4, 0.5) is 0 Å². The van der Waals surface area contributed by atoms with Crippen molar-refractivity contribution in [1.29, 1.82) is 0 Å². The largest absolute Gasteiger partial charge is 0.383 e. The van der Waals surface area contributed by atoms with Crippen LogP contribution in [0.2, 0.25) is 0 Å². The van der Waals surface area contributed by atoms with E-state index in [9.17, 15) is 0 Å². The molecule has 98 valence electrons. The summed E-state index contributed by atoms with van der Waals surface area (Å²) in [5.74, 6) is 1.50. The van der Waals surface area contributed by atoms with Crippen LogP contribution in [-0.4, -0.2) is 40.4 Å². The maximum absolute atomic E-state index is 6.01. The molecule has 0 bridgehead atoms. The third-order valence-electron chi connectivity index (χ3n) is 2.23. The number of alkyl halides is 1. The van der Waals surface area contributed by atoms with Gasteiger partial charge >= 0.3 is 0 Å². The van der Waals surface area contributed by atoms with Gasteiger partial charge in [0.25, 0.3) is 0 Å². The lowest BCUT2D eigenvalue weighted by atomic mass is 10.2. The molecule has 0 radical (unpaired) electrons. The normalized spacial score (nSPS) is 13.2. The molecule has 17 heavy (non-hydrogen) atoms. The van der Waals surface area contributed by atoms with E-state index >= 15 is 0 Å². The maximum atomic E-state index is 6.01. The van der Waals surface area contributed by atoms with Gasteiger partial charge in [0, 0.05) is 20.2 Å². The Bertz CT molecular complexity index is 316. The number of nitrogens with zero attached hydrogens (tertiary/aromatic N) is 3. The molecule has 0 aliphatic carbocycles. The molecule has 1 atom stereocenters. The fraction of sp³-hybridized carbons (Fsp3) is 0.818. The van der Waals surface area contributed by atoms with E-state index in [1.54, 1.807) is 13.4 Å². The van der Waals surface area contributed by atoms with Gasteiger partial charge in [-0.2, -0.15) is 5.10 Å². The fourth-order valence-electron chi connectivity index (χ4n) is 1.50. The lowest BCUT2D eigenvalue weighted by Gasteiger charge is -2.11. The predicted molar refractivity (Wildman–Crippen MR) is 68.1 cm³/mol. The highest BCUT2D eigenvalue weighted by molar-refractivity contribution is 6.20. The van der Waals surface area contributed by atoms with Crippen LogP contribution >= 0.6 is 11.6 Å². The Kier molecular flexibility index (Phi) is 6.47. The molecule has 1 rings (SSSR count). The lowest BCUT2D eigenvalue weighted by Crippen LogP contribution is -2.27. The van der Waals surface area contributed by atoms with Crippen LogP contribution in [-0.2, 0) is 17.8 Å². The minimum absolute atomic E-state index is 0.0125. The van der Waals surface area contributed by atoms with E-state index in [2.05, 4.69) is 29.2 Å². The first-order chi connectivity index (χ1) is 8.13. The molecular weight excluding hydrogens is 240 g/mol. The van der Waals surface area contributed by atoms with Crippen molar-refractivity contribution in [2.45, 2.75) is 32.3 Å². The Labute approximate surface area is 108 Å². The summed E-state index contributed by atoms with van der Waals surface area (Å²) in [7, 11) is 1.65. The topological polar surface area (TPSA) is 52.0 Å². The zero-order chi connectivity index (χ0) is 12.7. The highest BCUT2D eigenvalue weighted by atomic mass is 35.5. The Morgan fingerprint density at radius 2 is 2.29 bits per heavy atom. The zero-order valence-electron chi connectivity index (χ0n) is 10.7. The Morgan fingerprint density at radius 3 is 2.94 bits per heavy atom. The third-order valence-corrected chi connectivity index (χ3v) is 2.51. The summed E-state index contributed by atoms with van der Waals surface area (Å²) < 4.78 is 6.89. The summed E-state index contributed by atoms with van der Waals surface area (Å²) in [5.41, 5.74) is 0. The molecule has 1 unspecified atom stereocenters. The molecule has 0 aliphatic heterocycles. The number of nitrogens with one attached hydrogen (secondary N) is 1. The molecule has 0 aliphatic rings. The molecule has 1 heterocycles. The number of hydrogen-bond donors (Lipinski definition) is 1. The van der Waals surface area contributed by atoms with E-state index in [0.717, 1.165) is 12.4 Å². The van der Waals surface area contributed by atoms with Crippen LogP contribution in [0.1, 0.15) is 19.7 Å². The van der Waals surface area contributed by atoms with Crippen LogP contribution in [0.5, 0.6) is 0 Å². The van der Waals surface area contributed by atoms with Crippen LogP contribution in [0, 0.1) is 5.92 Å². The second kappa shape index (κ2) is 7.63. The van der Waals surface area contributed by atoms with Gasteiger partial charge in [-0.15, -0.1) is 11.6 Å². The second-order valence-electron chi connectivity index (χ2n) is 4.44. The van der Waals surface area contributed by atoms with Crippen molar-refractivity contribution < 1.29 is 4.74 Å². The van der Waals surface area contributed by atoms with Crippen molar-refractivity contribution in [2.24, 2.45) is 5.92 Å². The van der Waals surface area contributed by atoms with Crippen LogP contribution < -0.4 is 5.32 Å². The van der Waals surface area contributed by atoms with Crippen LogP contribution in [0.15, 0.2) is 6.33 Å². The van der Waals surface area contributed by atoms with Crippen molar-refractivity contribution in [3.8, 4) is 0 Å². The smallest absolute Gasteiger partial charge is 0.140 e. The van der Waals surface area contributed by atoms with E-state index < -0.39 is 0 Å². The van der Waals surface area contributed by atoms with Gasteiger partial charge in [-0.05, 0) is 5.92 Å². The van der Waals surface area contributed by atoms with Crippen molar-refractivity contribution in [2.75, 3.05) is 20.3 Å².